The second-order valence-corrected chi connectivity index (χ2v) is 6.64. The first kappa shape index (κ1) is 17.1. The van der Waals surface area contributed by atoms with Crippen LogP contribution < -0.4 is 5.32 Å². The maximum Gasteiger partial charge on any atom is 0.274 e. The summed E-state index contributed by atoms with van der Waals surface area (Å²) >= 11 is 0. The van der Waals surface area contributed by atoms with Gasteiger partial charge >= 0.3 is 0 Å². The van der Waals surface area contributed by atoms with Gasteiger partial charge in [0.15, 0.2) is 0 Å². The molecule has 0 spiro atoms. The molecule has 3 rings (SSSR count). The molecular formula is C17H27N5O2. The molecule has 0 atom stereocenters. The number of hydrogen-bond donors (Lipinski definition) is 1. The van der Waals surface area contributed by atoms with Gasteiger partial charge in [0.2, 0.25) is 0 Å². The summed E-state index contributed by atoms with van der Waals surface area (Å²) in [6, 6.07) is 0. The van der Waals surface area contributed by atoms with Gasteiger partial charge in [-0.2, -0.15) is 0 Å². The number of piperidine rings is 1. The molecule has 24 heavy (non-hydrogen) atoms. The molecule has 1 N–H and O–H groups in total. The maximum absolute atomic E-state index is 12.4. The van der Waals surface area contributed by atoms with Crippen LogP contribution in [0.25, 0.3) is 0 Å². The topological polar surface area (TPSA) is 70.6 Å². The lowest BCUT2D eigenvalue weighted by molar-refractivity contribution is 0.0398. The molecule has 0 aromatic carbocycles. The monoisotopic (exact) mass is 333 g/mol. The van der Waals surface area contributed by atoms with E-state index in [0.29, 0.717) is 17.4 Å². The highest BCUT2D eigenvalue weighted by Crippen LogP contribution is 2.17. The minimum atomic E-state index is -0.00531. The zero-order valence-corrected chi connectivity index (χ0v) is 14.4. The van der Waals surface area contributed by atoms with Crippen molar-refractivity contribution in [2.24, 2.45) is 5.92 Å². The first-order valence-electron chi connectivity index (χ1n) is 8.87. The van der Waals surface area contributed by atoms with Crippen molar-refractivity contribution in [3.63, 3.8) is 0 Å². The number of carbonyl (C=O) groups is 1. The number of amides is 1. The Hall–Kier alpha value is -1.73. The molecule has 0 aliphatic carbocycles. The molecule has 0 unspecified atom stereocenters. The number of likely N-dealkylation sites (tertiary alicyclic amines) is 1. The molecule has 1 aromatic rings. The van der Waals surface area contributed by atoms with Crippen LogP contribution in [0.3, 0.4) is 0 Å². The average molecular weight is 333 g/mol. The minimum absolute atomic E-state index is 0.00531. The third-order valence-electron chi connectivity index (χ3n) is 4.78. The molecule has 1 aromatic heterocycles. The quantitative estimate of drug-likeness (QED) is 0.870. The van der Waals surface area contributed by atoms with Crippen LogP contribution in [-0.2, 0) is 4.74 Å². The Kier molecular flexibility index (Phi) is 5.98. The molecule has 2 saturated heterocycles. The molecule has 0 radical (unpaired) electrons. The van der Waals surface area contributed by atoms with Crippen LogP contribution in [0.2, 0.25) is 0 Å². The van der Waals surface area contributed by atoms with Gasteiger partial charge < -0.3 is 15.0 Å². The lowest BCUT2D eigenvalue weighted by atomic mass is 9.99. The average Bonchev–Trinajstić information content (AvgIpc) is 2.63. The SMILES string of the molecule is CC1CCN(C(=O)c2cnc(NCCN3CCOCC3)cn2)CC1. The lowest BCUT2D eigenvalue weighted by Gasteiger charge is -2.29. The Morgan fingerprint density at radius 3 is 2.62 bits per heavy atom. The Morgan fingerprint density at radius 2 is 1.96 bits per heavy atom. The number of nitrogens with one attached hydrogen (secondary N) is 1. The van der Waals surface area contributed by atoms with Crippen LogP contribution in [0.15, 0.2) is 12.4 Å². The van der Waals surface area contributed by atoms with Crippen LogP contribution in [0.1, 0.15) is 30.3 Å². The van der Waals surface area contributed by atoms with Gasteiger partial charge in [0.05, 0.1) is 25.6 Å². The number of hydrogen-bond acceptors (Lipinski definition) is 6. The molecule has 132 valence electrons. The van der Waals surface area contributed by atoms with Crippen LogP contribution >= 0.6 is 0 Å². The van der Waals surface area contributed by atoms with E-state index in [-0.39, 0.29) is 5.91 Å². The van der Waals surface area contributed by atoms with Gasteiger partial charge in [-0.25, -0.2) is 9.97 Å². The van der Waals surface area contributed by atoms with Crippen molar-refractivity contribution in [3.05, 3.63) is 18.1 Å². The van der Waals surface area contributed by atoms with Gasteiger partial charge in [0, 0.05) is 39.3 Å². The molecule has 2 aliphatic heterocycles. The zero-order valence-electron chi connectivity index (χ0n) is 14.4. The number of nitrogens with zero attached hydrogens (tertiary/aromatic N) is 4. The highest BCUT2D eigenvalue weighted by atomic mass is 16.5. The van der Waals surface area contributed by atoms with Crippen LogP contribution in [0, 0.1) is 5.92 Å². The number of rotatable bonds is 5. The molecule has 2 aliphatic rings. The highest BCUT2D eigenvalue weighted by molar-refractivity contribution is 5.92. The van der Waals surface area contributed by atoms with Gasteiger partial charge in [-0.15, -0.1) is 0 Å². The van der Waals surface area contributed by atoms with Crippen molar-refractivity contribution in [1.29, 1.82) is 0 Å². The fraction of sp³-hybridized carbons (Fsp3) is 0.706. The number of aromatic nitrogens is 2. The van der Waals surface area contributed by atoms with Gasteiger partial charge in [0.1, 0.15) is 11.5 Å². The first-order valence-corrected chi connectivity index (χ1v) is 8.87. The summed E-state index contributed by atoms with van der Waals surface area (Å²) in [4.78, 5) is 25.3. The van der Waals surface area contributed by atoms with E-state index in [1.807, 2.05) is 4.90 Å². The Balaban J connectivity index is 1.45. The Bertz CT molecular complexity index is 522. The van der Waals surface area contributed by atoms with E-state index >= 15 is 0 Å². The summed E-state index contributed by atoms with van der Waals surface area (Å²) in [7, 11) is 0. The largest absolute Gasteiger partial charge is 0.379 e. The van der Waals surface area contributed by atoms with Crippen LogP contribution in [0.5, 0.6) is 0 Å². The Labute approximate surface area is 143 Å². The molecule has 0 saturated carbocycles. The highest BCUT2D eigenvalue weighted by Gasteiger charge is 2.22. The van der Waals surface area contributed by atoms with E-state index in [1.165, 1.54) is 0 Å². The van der Waals surface area contributed by atoms with Crippen molar-refractivity contribution >= 4 is 11.7 Å². The van der Waals surface area contributed by atoms with Crippen molar-refractivity contribution in [2.45, 2.75) is 19.8 Å². The predicted molar refractivity (Wildman–Crippen MR) is 92.1 cm³/mol. The van der Waals surface area contributed by atoms with Gasteiger partial charge in [-0.1, -0.05) is 6.92 Å². The van der Waals surface area contributed by atoms with E-state index in [2.05, 4.69) is 27.1 Å². The number of carbonyl (C=O) groups excluding carboxylic acids is 1. The molecule has 7 heteroatoms. The third kappa shape index (κ3) is 4.64. The zero-order chi connectivity index (χ0) is 16.8. The van der Waals surface area contributed by atoms with Crippen LogP contribution in [-0.4, -0.2) is 78.2 Å². The lowest BCUT2D eigenvalue weighted by Crippen LogP contribution is -2.39. The molecule has 1 amide bonds. The van der Waals surface area contributed by atoms with E-state index in [4.69, 9.17) is 4.74 Å². The van der Waals surface area contributed by atoms with E-state index in [9.17, 15) is 4.79 Å². The fourth-order valence-electron chi connectivity index (χ4n) is 3.07. The summed E-state index contributed by atoms with van der Waals surface area (Å²) in [6.45, 7) is 9.23. The molecule has 3 heterocycles. The smallest absolute Gasteiger partial charge is 0.274 e. The number of morpholine rings is 1. The fourth-order valence-corrected chi connectivity index (χ4v) is 3.07. The van der Waals surface area contributed by atoms with Crippen molar-refractivity contribution < 1.29 is 9.53 Å². The summed E-state index contributed by atoms with van der Waals surface area (Å²) < 4.78 is 5.34. The van der Waals surface area contributed by atoms with Crippen LogP contribution in [0.4, 0.5) is 5.82 Å². The van der Waals surface area contributed by atoms with Crippen molar-refractivity contribution in [3.8, 4) is 0 Å². The van der Waals surface area contributed by atoms with E-state index < -0.39 is 0 Å². The molecule has 0 bridgehead atoms. The number of anilines is 1. The summed E-state index contributed by atoms with van der Waals surface area (Å²) in [5, 5.41) is 3.26. The maximum atomic E-state index is 12.4. The minimum Gasteiger partial charge on any atom is -0.379 e. The molecular weight excluding hydrogens is 306 g/mol. The standard InChI is InChI=1S/C17H27N5O2/c1-14-2-5-22(6-3-14)17(23)15-12-20-16(13-19-15)18-4-7-21-8-10-24-11-9-21/h12-14H,2-11H2,1H3,(H,18,20). The van der Waals surface area contributed by atoms with Gasteiger partial charge in [-0.3, -0.25) is 9.69 Å². The number of ether oxygens (including phenoxy) is 1. The summed E-state index contributed by atoms with van der Waals surface area (Å²) in [5.74, 6) is 1.42. The normalized spacial score (nSPS) is 20.1. The predicted octanol–water partition coefficient (Wildman–Crippen LogP) is 1.09. The third-order valence-corrected chi connectivity index (χ3v) is 4.78. The molecule has 7 nitrogen and oxygen atoms in total. The van der Waals surface area contributed by atoms with E-state index in [0.717, 1.165) is 65.3 Å². The van der Waals surface area contributed by atoms with Crippen molar-refractivity contribution in [2.75, 3.05) is 57.8 Å². The van der Waals surface area contributed by atoms with E-state index in [1.54, 1.807) is 12.4 Å². The van der Waals surface area contributed by atoms with Crippen molar-refractivity contribution in [1.82, 2.24) is 19.8 Å². The van der Waals surface area contributed by atoms with Gasteiger partial charge in [-0.05, 0) is 18.8 Å². The second kappa shape index (κ2) is 8.39. The molecule has 2 fully saturated rings. The van der Waals surface area contributed by atoms with Gasteiger partial charge in [0.25, 0.3) is 5.91 Å². The second-order valence-electron chi connectivity index (χ2n) is 6.64. The Morgan fingerprint density at radius 1 is 1.21 bits per heavy atom. The summed E-state index contributed by atoms with van der Waals surface area (Å²) in [5.41, 5.74) is 0.434. The first-order chi connectivity index (χ1) is 11.7. The summed E-state index contributed by atoms with van der Waals surface area (Å²) in [6.07, 6.45) is 5.37.